The van der Waals surface area contributed by atoms with E-state index >= 15 is 0 Å². The number of aromatic nitrogens is 4. The van der Waals surface area contributed by atoms with E-state index in [1.165, 1.54) is 13.0 Å². The quantitative estimate of drug-likeness (QED) is 0.856. The van der Waals surface area contributed by atoms with Crippen molar-refractivity contribution in [3.63, 3.8) is 0 Å². The standard InChI is InChI=1S/C13H11F6N5/c1-6(12(14,15)16)20-11-22-7(2)21-10(24-11)8-4-3-5-9(23-8)13(17,18)19/h3-6H,1-2H3,(H,20,21,22,24). The molecule has 0 aliphatic heterocycles. The van der Waals surface area contributed by atoms with Crippen LogP contribution in [0.2, 0.25) is 0 Å². The van der Waals surface area contributed by atoms with Crippen LogP contribution in [0.3, 0.4) is 0 Å². The van der Waals surface area contributed by atoms with Gasteiger partial charge in [-0.1, -0.05) is 6.07 Å². The monoisotopic (exact) mass is 351 g/mol. The number of nitrogens with one attached hydrogen (secondary N) is 1. The minimum Gasteiger partial charge on any atom is -0.343 e. The van der Waals surface area contributed by atoms with Gasteiger partial charge in [0, 0.05) is 0 Å². The molecule has 0 saturated heterocycles. The van der Waals surface area contributed by atoms with Gasteiger partial charge in [-0.25, -0.2) is 9.97 Å². The Bertz CT molecular complexity index is 728. The Kier molecular flexibility index (Phi) is 4.63. The van der Waals surface area contributed by atoms with Crippen molar-refractivity contribution in [1.82, 2.24) is 19.9 Å². The minimum absolute atomic E-state index is 0.0380. The van der Waals surface area contributed by atoms with Gasteiger partial charge in [0.15, 0.2) is 5.82 Å². The summed E-state index contributed by atoms with van der Waals surface area (Å²) in [6, 6.07) is 1.15. The summed E-state index contributed by atoms with van der Waals surface area (Å²) in [6.07, 6.45) is -9.20. The zero-order valence-corrected chi connectivity index (χ0v) is 12.4. The molecule has 0 bridgehead atoms. The van der Waals surface area contributed by atoms with Gasteiger partial charge in [0.2, 0.25) is 5.95 Å². The highest BCUT2D eigenvalue weighted by Gasteiger charge is 2.36. The number of rotatable bonds is 3. The molecular weight excluding hydrogens is 340 g/mol. The van der Waals surface area contributed by atoms with Crippen LogP contribution in [0.25, 0.3) is 11.5 Å². The summed E-state index contributed by atoms with van der Waals surface area (Å²) in [4.78, 5) is 14.6. The predicted molar refractivity (Wildman–Crippen MR) is 71.9 cm³/mol. The second kappa shape index (κ2) is 6.21. The molecule has 0 aliphatic rings. The lowest BCUT2D eigenvalue weighted by Crippen LogP contribution is -2.34. The SMILES string of the molecule is Cc1nc(NC(C)C(F)(F)F)nc(-c2cccc(C(F)(F)F)n2)n1. The molecule has 0 amide bonds. The molecule has 2 aromatic heterocycles. The van der Waals surface area contributed by atoms with Crippen LogP contribution in [0, 0.1) is 6.92 Å². The average Bonchev–Trinajstić information content (AvgIpc) is 2.45. The van der Waals surface area contributed by atoms with Crippen LogP contribution in [-0.2, 0) is 6.18 Å². The van der Waals surface area contributed by atoms with Crippen molar-refractivity contribution in [2.75, 3.05) is 5.32 Å². The molecule has 11 heteroatoms. The molecule has 5 nitrogen and oxygen atoms in total. The van der Waals surface area contributed by atoms with Crippen molar-refractivity contribution in [2.45, 2.75) is 32.2 Å². The number of nitrogens with zero attached hydrogens (tertiary/aromatic N) is 4. The molecule has 2 rings (SSSR count). The number of aryl methyl sites for hydroxylation is 1. The summed E-state index contributed by atoms with van der Waals surface area (Å²) in [5, 5.41) is 2.04. The van der Waals surface area contributed by atoms with Crippen molar-refractivity contribution in [1.29, 1.82) is 0 Å². The van der Waals surface area contributed by atoms with Gasteiger partial charge in [-0.15, -0.1) is 0 Å². The highest BCUT2D eigenvalue weighted by atomic mass is 19.4. The van der Waals surface area contributed by atoms with Crippen LogP contribution in [-0.4, -0.2) is 32.2 Å². The molecule has 2 aromatic rings. The Morgan fingerprint density at radius 3 is 2.21 bits per heavy atom. The van der Waals surface area contributed by atoms with E-state index in [1.807, 2.05) is 5.32 Å². The van der Waals surface area contributed by atoms with Gasteiger partial charge >= 0.3 is 12.4 Å². The highest BCUT2D eigenvalue weighted by molar-refractivity contribution is 5.51. The number of halogens is 6. The van der Waals surface area contributed by atoms with Crippen LogP contribution in [0.5, 0.6) is 0 Å². The molecule has 2 heterocycles. The molecular formula is C13H11F6N5. The lowest BCUT2D eigenvalue weighted by Gasteiger charge is -2.17. The van der Waals surface area contributed by atoms with Gasteiger partial charge in [-0.3, -0.25) is 0 Å². The van der Waals surface area contributed by atoms with Gasteiger partial charge < -0.3 is 5.32 Å². The van der Waals surface area contributed by atoms with Crippen molar-refractivity contribution < 1.29 is 26.3 Å². The lowest BCUT2D eigenvalue weighted by atomic mass is 10.3. The smallest absolute Gasteiger partial charge is 0.343 e. The maximum absolute atomic E-state index is 12.7. The van der Waals surface area contributed by atoms with Gasteiger partial charge in [0.05, 0.1) is 0 Å². The van der Waals surface area contributed by atoms with E-state index < -0.39 is 30.0 Å². The third-order valence-corrected chi connectivity index (χ3v) is 2.85. The highest BCUT2D eigenvalue weighted by Crippen LogP contribution is 2.29. The van der Waals surface area contributed by atoms with Crippen LogP contribution < -0.4 is 5.32 Å². The van der Waals surface area contributed by atoms with Crippen molar-refractivity contribution in [3.05, 3.63) is 29.7 Å². The number of alkyl halides is 6. The largest absolute Gasteiger partial charge is 0.433 e. The molecule has 0 radical (unpaired) electrons. The zero-order chi connectivity index (χ0) is 18.1. The molecule has 24 heavy (non-hydrogen) atoms. The fraction of sp³-hybridized carbons (Fsp3) is 0.385. The van der Waals surface area contributed by atoms with Gasteiger partial charge in [0.1, 0.15) is 23.3 Å². The van der Waals surface area contributed by atoms with Crippen LogP contribution in [0.15, 0.2) is 18.2 Å². The minimum atomic E-state index is -4.66. The van der Waals surface area contributed by atoms with E-state index in [1.54, 1.807) is 0 Å². The lowest BCUT2D eigenvalue weighted by molar-refractivity contribution is -0.141. The molecule has 0 aromatic carbocycles. The number of hydrogen-bond donors (Lipinski definition) is 1. The maximum atomic E-state index is 12.7. The maximum Gasteiger partial charge on any atom is 0.433 e. The number of hydrogen-bond acceptors (Lipinski definition) is 5. The van der Waals surface area contributed by atoms with E-state index in [2.05, 4.69) is 19.9 Å². The number of pyridine rings is 1. The summed E-state index contributed by atoms with van der Waals surface area (Å²) in [5.74, 6) is -0.622. The molecule has 130 valence electrons. The van der Waals surface area contributed by atoms with Gasteiger partial charge in [-0.2, -0.15) is 36.3 Å². The Balaban J connectivity index is 2.39. The Morgan fingerprint density at radius 1 is 0.958 bits per heavy atom. The van der Waals surface area contributed by atoms with Crippen LogP contribution in [0.4, 0.5) is 32.3 Å². The third kappa shape index (κ3) is 4.30. The summed E-state index contributed by atoms with van der Waals surface area (Å²) < 4.78 is 75.8. The first-order chi connectivity index (χ1) is 11.0. The van der Waals surface area contributed by atoms with Crippen LogP contribution in [0.1, 0.15) is 18.4 Å². The first-order valence-corrected chi connectivity index (χ1v) is 6.57. The topological polar surface area (TPSA) is 63.6 Å². The third-order valence-electron chi connectivity index (χ3n) is 2.85. The Hall–Kier alpha value is -2.46. The number of anilines is 1. The summed E-state index contributed by atoms with van der Waals surface area (Å²) in [5.41, 5.74) is -1.38. The summed E-state index contributed by atoms with van der Waals surface area (Å²) >= 11 is 0. The molecule has 1 unspecified atom stereocenters. The average molecular weight is 351 g/mol. The zero-order valence-electron chi connectivity index (χ0n) is 12.4. The molecule has 0 aliphatic carbocycles. The van der Waals surface area contributed by atoms with Gasteiger partial charge in [-0.05, 0) is 26.0 Å². The van der Waals surface area contributed by atoms with Crippen LogP contribution >= 0.6 is 0 Å². The second-order valence-corrected chi connectivity index (χ2v) is 4.84. The summed E-state index contributed by atoms with van der Waals surface area (Å²) in [7, 11) is 0. The normalized spacial score (nSPS) is 13.7. The Labute approximate surface area is 132 Å². The summed E-state index contributed by atoms with van der Waals surface area (Å²) in [6.45, 7) is 2.24. The van der Waals surface area contributed by atoms with E-state index in [4.69, 9.17) is 0 Å². The van der Waals surface area contributed by atoms with Crippen molar-refractivity contribution >= 4 is 5.95 Å². The van der Waals surface area contributed by atoms with Crippen molar-refractivity contribution in [3.8, 4) is 11.5 Å². The second-order valence-electron chi connectivity index (χ2n) is 4.84. The van der Waals surface area contributed by atoms with E-state index in [-0.39, 0.29) is 17.3 Å². The Morgan fingerprint density at radius 2 is 1.62 bits per heavy atom. The molecule has 1 N–H and O–H groups in total. The van der Waals surface area contributed by atoms with E-state index in [0.717, 1.165) is 19.1 Å². The first kappa shape index (κ1) is 17.9. The van der Waals surface area contributed by atoms with E-state index in [0.29, 0.717) is 0 Å². The van der Waals surface area contributed by atoms with Crippen molar-refractivity contribution in [2.24, 2.45) is 0 Å². The van der Waals surface area contributed by atoms with Gasteiger partial charge in [0.25, 0.3) is 0 Å². The molecule has 0 fully saturated rings. The van der Waals surface area contributed by atoms with E-state index in [9.17, 15) is 26.3 Å². The fourth-order valence-corrected chi connectivity index (χ4v) is 1.65. The molecule has 0 saturated carbocycles. The fourth-order valence-electron chi connectivity index (χ4n) is 1.65. The predicted octanol–water partition coefficient (Wildman–Crippen LogP) is 3.62. The molecule has 0 spiro atoms. The first-order valence-electron chi connectivity index (χ1n) is 6.57. The molecule has 1 atom stereocenters.